The van der Waals surface area contributed by atoms with Gasteiger partial charge in [-0.05, 0) is 57.7 Å². The van der Waals surface area contributed by atoms with Crippen LogP contribution in [-0.2, 0) is 0 Å². The molecule has 2 saturated heterocycles. The van der Waals surface area contributed by atoms with E-state index in [9.17, 15) is 4.79 Å². The topological polar surface area (TPSA) is 47.6 Å². The van der Waals surface area contributed by atoms with E-state index in [2.05, 4.69) is 64.6 Å². The number of piperidine rings is 1. The number of hydrogen-bond donors (Lipinski definition) is 2. The Morgan fingerprint density at radius 1 is 1.15 bits per heavy atom. The molecule has 2 aliphatic heterocycles. The summed E-state index contributed by atoms with van der Waals surface area (Å²) in [6.45, 7) is 9.24. The van der Waals surface area contributed by atoms with E-state index in [0.29, 0.717) is 18.0 Å². The third-order valence-electron chi connectivity index (χ3n) is 5.94. The Labute approximate surface area is 158 Å². The van der Waals surface area contributed by atoms with Crippen LogP contribution >= 0.6 is 0 Å². The quantitative estimate of drug-likeness (QED) is 0.822. The van der Waals surface area contributed by atoms with Crippen molar-refractivity contribution in [2.75, 3.05) is 37.6 Å². The van der Waals surface area contributed by atoms with Gasteiger partial charge in [0.2, 0.25) is 0 Å². The lowest BCUT2D eigenvalue weighted by molar-refractivity contribution is 0.114. The molecular formula is C21H34N4O. The monoisotopic (exact) mass is 358 g/mol. The van der Waals surface area contributed by atoms with E-state index in [1.54, 1.807) is 0 Å². The molecule has 2 heterocycles. The Balaban J connectivity index is 1.34. The Hall–Kier alpha value is -1.75. The maximum absolute atomic E-state index is 12.2. The van der Waals surface area contributed by atoms with Gasteiger partial charge in [-0.25, -0.2) is 4.79 Å². The molecule has 0 aromatic heterocycles. The van der Waals surface area contributed by atoms with Gasteiger partial charge in [-0.3, -0.25) is 4.90 Å². The average molecular weight is 359 g/mol. The normalized spacial score (nSPS) is 25.1. The van der Waals surface area contributed by atoms with E-state index in [0.717, 1.165) is 39.1 Å². The standard InChI is InChI=1S/C21H34N4O/c1-17-8-6-7-12-25(17)18(2)14-22-21(26)23-15-19-11-13-24(16-19)20-9-4-3-5-10-20/h3-5,9-10,17-19H,6-8,11-16H2,1-2H3,(H2,22,23,26)/t17-,18+,19-/m1/s1. The van der Waals surface area contributed by atoms with Gasteiger partial charge in [0.15, 0.2) is 0 Å². The first-order valence-electron chi connectivity index (χ1n) is 10.2. The van der Waals surface area contributed by atoms with Crippen molar-refractivity contribution in [1.82, 2.24) is 15.5 Å². The largest absolute Gasteiger partial charge is 0.371 e. The van der Waals surface area contributed by atoms with E-state index < -0.39 is 0 Å². The summed E-state index contributed by atoms with van der Waals surface area (Å²) in [5, 5.41) is 6.13. The molecule has 5 heteroatoms. The van der Waals surface area contributed by atoms with Crippen LogP contribution in [0.1, 0.15) is 39.5 Å². The summed E-state index contributed by atoms with van der Waals surface area (Å²) < 4.78 is 0. The molecule has 0 unspecified atom stereocenters. The minimum atomic E-state index is -0.0281. The van der Waals surface area contributed by atoms with Crippen LogP contribution in [0.15, 0.2) is 30.3 Å². The zero-order valence-corrected chi connectivity index (χ0v) is 16.3. The van der Waals surface area contributed by atoms with E-state index in [-0.39, 0.29) is 6.03 Å². The summed E-state index contributed by atoms with van der Waals surface area (Å²) in [6.07, 6.45) is 5.02. The van der Waals surface area contributed by atoms with Crippen LogP contribution in [0.5, 0.6) is 0 Å². The lowest BCUT2D eigenvalue weighted by Crippen LogP contribution is -2.50. The van der Waals surface area contributed by atoms with Crippen LogP contribution in [0, 0.1) is 5.92 Å². The molecule has 0 bridgehead atoms. The molecule has 2 aliphatic rings. The molecule has 3 rings (SSSR count). The van der Waals surface area contributed by atoms with Crippen molar-refractivity contribution >= 4 is 11.7 Å². The molecule has 0 spiro atoms. The maximum Gasteiger partial charge on any atom is 0.314 e. The molecular weight excluding hydrogens is 324 g/mol. The van der Waals surface area contributed by atoms with Crippen molar-refractivity contribution in [3.05, 3.63) is 30.3 Å². The molecule has 0 radical (unpaired) electrons. The smallest absolute Gasteiger partial charge is 0.314 e. The third kappa shape index (κ3) is 5.13. The predicted molar refractivity (Wildman–Crippen MR) is 108 cm³/mol. The molecule has 2 amide bonds. The van der Waals surface area contributed by atoms with Crippen molar-refractivity contribution in [2.45, 2.75) is 51.6 Å². The highest BCUT2D eigenvalue weighted by atomic mass is 16.2. The molecule has 3 atom stereocenters. The third-order valence-corrected chi connectivity index (χ3v) is 5.94. The highest BCUT2D eigenvalue weighted by molar-refractivity contribution is 5.73. The molecule has 5 nitrogen and oxygen atoms in total. The number of carbonyl (C=O) groups excluding carboxylic acids is 1. The van der Waals surface area contributed by atoms with Crippen molar-refractivity contribution in [1.29, 1.82) is 0 Å². The number of para-hydroxylation sites is 1. The van der Waals surface area contributed by atoms with Gasteiger partial charge < -0.3 is 15.5 Å². The minimum absolute atomic E-state index is 0.0281. The van der Waals surface area contributed by atoms with Crippen LogP contribution in [-0.4, -0.2) is 55.7 Å². The zero-order chi connectivity index (χ0) is 18.4. The van der Waals surface area contributed by atoms with Gasteiger partial charge in [0, 0.05) is 44.0 Å². The summed E-state index contributed by atoms with van der Waals surface area (Å²) >= 11 is 0. The number of nitrogens with zero attached hydrogens (tertiary/aromatic N) is 2. The highest BCUT2D eigenvalue weighted by Crippen LogP contribution is 2.23. The number of rotatable bonds is 6. The average Bonchev–Trinajstić information content (AvgIpc) is 3.14. The van der Waals surface area contributed by atoms with Crippen molar-refractivity contribution in [3.63, 3.8) is 0 Å². The van der Waals surface area contributed by atoms with E-state index in [4.69, 9.17) is 0 Å². The van der Waals surface area contributed by atoms with E-state index in [1.807, 2.05) is 0 Å². The molecule has 2 fully saturated rings. The minimum Gasteiger partial charge on any atom is -0.371 e. The second-order valence-corrected chi connectivity index (χ2v) is 7.96. The zero-order valence-electron chi connectivity index (χ0n) is 16.3. The van der Waals surface area contributed by atoms with Gasteiger partial charge in [-0.1, -0.05) is 24.6 Å². The Morgan fingerprint density at radius 3 is 2.73 bits per heavy atom. The van der Waals surface area contributed by atoms with Crippen LogP contribution in [0.25, 0.3) is 0 Å². The maximum atomic E-state index is 12.2. The summed E-state index contributed by atoms with van der Waals surface area (Å²) in [6, 6.07) is 11.5. The summed E-state index contributed by atoms with van der Waals surface area (Å²) in [4.78, 5) is 17.1. The number of carbonyl (C=O) groups is 1. The molecule has 1 aromatic rings. The van der Waals surface area contributed by atoms with Crippen molar-refractivity contribution in [3.8, 4) is 0 Å². The van der Waals surface area contributed by atoms with Gasteiger partial charge in [0.05, 0.1) is 0 Å². The second kappa shape index (κ2) is 9.26. The van der Waals surface area contributed by atoms with Crippen LogP contribution < -0.4 is 15.5 Å². The van der Waals surface area contributed by atoms with Gasteiger partial charge in [0.25, 0.3) is 0 Å². The van der Waals surface area contributed by atoms with Crippen molar-refractivity contribution in [2.24, 2.45) is 5.92 Å². The first kappa shape index (κ1) is 19.0. The molecule has 0 saturated carbocycles. The van der Waals surface area contributed by atoms with Crippen LogP contribution in [0.4, 0.5) is 10.5 Å². The molecule has 2 N–H and O–H groups in total. The van der Waals surface area contributed by atoms with Gasteiger partial charge in [0.1, 0.15) is 0 Å². The number of hydrogen-bond acceptors (Lipinski definition) is 3. The van der Waals surface area contributed by atoms with E-state index in [1.165, 1.54) is 24.9 Å². The van der Waals surface area contributed by atoms with Crippen molar-refractivity contribution < 1.29 is 4.79 Å². The van der Waals surface area contributed by atoms with Gasteiger partial charge in [-0.2, -0.15) is 0 Å². The first-order valence-corrected chi connectivity index (χ1v) is 10.2. The fourth-order valence-corrected chi connectivity index (χ4v) is 4.30. The number of urea groups is 1. The summed E-state index contributed by atoms with van der Waals surface area (Å²) in [7, 11) is 0. The molecule has 144 valence electrons. The lowest BCUT2D eigenvalue weighted by atomic mass is 10.0. The number of amides is 2. The van der Waals surface area contributed by atoms with Gasteiger partial charge >= 0.3 is 6.03 Å². The predicted octanol–water partition coefficient (Wildman–Crippen LogP) is 3.08. The Bertz CT molecular complexity index is 564. The first-order chi connectivity index (χ1) is 12.6. The molecule has 26 heavy (non-hydrogen) atoms. The number of nitrogens with one attached hydrogen (secondary N) is 2. The Kier molecular flexibility index (Phi) is 6.78. The van der Waals surface area contributed by atoms with Crippen LogP contribution in [0.2, 0.25) is 0 Å². The molecule has 0 aliphatic carbocycles. The number of anilines is 1. The lowest BCUT2D eigenvalue weighted by Gasteiger charge is -2.38. The highest BCUT2D eigenvalue weighted by Gasteiger charge is 2.24. The second-order valence-electron chi connectivity index (χ2n) is 7.96. The number of likely N-dealkylation sites (tertiary alicyclic amines) is 1. The SMILES string of the molecule is C[C@@H]1CCCCN1[C@@H](C)CNC(=O)NC[C@H]1CCN(c2ccccc2)C1. The fraction of sp³-hybridized carbons (Fsp3) is 0.667. The van der Waals surface area contributed by atoms with Crippen LogP contribution in [0.3, 0.4) is 0 Å². The fourth-order valence-electron chi connectivity index (χ4n) is 4.30. The van der Waals surface area contributed by atoms with E-state index >= 15 is 0 Å². The van der Waals surface area contributed by atoms with Gasteiger partial charge in [-0.15, -0.1) is 0 Å². The summed E-state index contributed by atoms with van der Waals surface area (Å²) in [5.74, 6) is 0.528. The summed E-state index contributed by atoms with van der Waals surface area (Å²) in [5.41, 5.74) is 1.28. The Morgan fingerprint density at radius 2 is 1.96 bits per heavy atom. The molecule has 1 aromatic carbocycles. The number of benzene rings is 1.